The van der Waals surface area contributed by atoms with E-state index >= 15 is 4.79 Å². The number of carboxylic acid groups (broad SMARTS) is 1. The summed E-state index contributed by atoms with van der Waals surface area (Å²) in [6, 6.07) is 4.91. The number of pyridine rings is 1. The molecular formula is C42H55N5O9S. The molecule has 15 heteroatoms. The molecule has 4 aliphatic carbocycles. The number of rotatable bonds is 9. The number of nitrogens with zero attached hydrogens (tertiary/aromatic N) is 3. The molecule has 2 unspecified atom stereocenters. The minimum Gasteiger partial charge on any atom is -0.494 e. The molecule has 14 nitrogen and oxygen atoms in total. The molecule has 8 rings (SSSR count). The quantitative estimate of drug-likeness (QED) is 0.291. The Morgan fingerprint density at radius 2 is 1.84 bits per heavy atom. The monoisotopic (exact) mass is 805 g/mol. The molecule has 5 fully saturated rings. The van der Waals surface area contributed by atoms with Crippen LogP contribution in [-0.2, 0) is 24.4 Å². The van der Waals surface area contributed by atoms with E-state index in [-0.39, 0.29) is 37.3 Å². The second kappa shape index (κ2) is 14.8. The number of ether oxygens (including phenoxy) is 2. The number of fused-ring (bicyclic) bond motifs is 4. The summed E-state index contributed by atoms with van der Waals surface area (Å²) in [5.41, 5.74) is -1.54. The van der Waals surface area contributed by atoms with E-state index in [1.54, 1.807) is 13.1 Å². The Morgan fingerprint density at radius 1 is 1.09 bits per heavy atom. The van der Waals surface area contributed by atoms with Crippen molar-refractivity contribution in [2.45, 2.75) is 126 Å². The summed E-state index contributed by atoms with van der Waals surface area (Å²) in [5, 5.41) is 15.3. The van der Waals surface area contributed by atoms with Crippen LogP contribution in [0.1, 0.15) is 91.9 Å². The lowest BCUT2D eigenvalue weighted by atomic mass is 9.86. The van der Waals surface area contributed by atoms with Crippen LogP contribution in [0.4, 0.5) is 4.79 Å². The predicted molar refractivity (Wildman–Crippen MR) is 211 cm³/mol. The summed E-state index contributed by atoms with van der Waals surface area (Å²) in [7, 11) is -4.01. The van der Waals surface area contributed by atoms with Crippen molar-refractivity contribution in [2.75, 3.05) is 13.2 Å². The largest absolute Gasteiger partial charge is 0.494 e. The van der Waals surface area contributed by atoms with Gasteiger partial charge in [0.05, 0.1) is 17.9 Å². The van der Waals surface area contributed by atoms with Crippen LogP contribution in [0.3, 0.4) is 0 Å². The number of carbonyl (C=O) groups is 4. The van der Waals surface area contributed by atoms with Crippen molar-refractivity contribution in [3.63, 3.8) is 0 Å². The van der Waals surface area contributed by atoms with Gasteiger partial charge in [-0.3, -0.25) is 24.0 Å². The van der Waals surface area contributed by atoms with E-state index in [9.17, 15) is 27.9 Å². The van der Waals surface area contributed by atoms with Crippen molar-refractivity contribution in [3.05, 3.63) is 42.6 Å². The van der Waals surface area contributed by atoms with Crippen molar-refractivity contribution < 1.29 is 42.2 Å². The third-order valence-electron chi connectivity index (χ3n) is 13.6. The van der Waals surface area contributed by atoms with Gasteiger partial charge in [-0.25, -0.2) is 18.2 Å². The van der Waals surface area contributed by atoms with E-state index in [1.165, 1.54) is 9.80 Å². The van der Waals surface area contributed by atoms with Gasteiger partial charge in [-0.05, 0) is 125 Å². The molecule has 308 valence electrons. The maximum absolute atomic E-state index is 15.2. The van der Waals surface area contributed by atoms with Gasteiger partial charge in [0.15, 0.2) is 0 Å². The number of allylic oxidation sites excluding steroid dienone is 1. The summed E-state index contributed by atoms with van der Waals surface area (Å²) in [6.45, 7) is 8.01. The number of hydrogen-bond donors (Lipinski definition) is 3. The van der Waals surface area contributed by atoms with Gasteiger partial charge in [-0.1, -0.05) is 26.0 Å². The maximum atomic E-state index is 15.2. The topological polar surface area (TPSA) is 185 Å². The normalized spacial score (nSPS) is 35.0. The number of amides is 4. The van der Waals surface area contributed by atoms with Gasteiger partial charge >= 0.3 is 6.09 Å². The smallest absolute Gasteiger partial charge is 0.408 e. The van der Waals surface area contributed by atoms with E-state index in [0.29, 0.717) is 74.0 Å². The van der Waals surface area contributed by atoms with Crippen LogP contribution in [-0.4, -0.2) is 99.8 Å². The molecule has 2 aromatic rings. The summed E-state index contributed by atoms with van der Waals surface area (Å²) >= 11 is 0. The van der Waals surface area contributed by atoms with Gasteiger partial charge in [0.2, 0.25) is 27.7 Å². The fraction of sp³-hybridized carbons (Fsp3) is 0.643. The van der Waals surface area contributed by atoms with Crippen LogP contribution in [0.15, 0.2) is 42.6 Å². The van der Waals surface area contributed by atoms with Crippen molar-refractivity contribution in [3.8, 4) is 11.6 Å². The van der Waals surface area contributed by atoms with Crippen LogP contribution < -0.4 is 19.5 Å². The summed E-state index contributed by atoms with van der Waals surface area (Å²) in [5.74, 6) is -0.626. The molecule has 6 aliphatic rings. The highest BCUT2D eigenvalue weighted by molar-refractivity contribution is 7.91. The molecule has 4 saturated carbocycles. The Hall–Kier alpha value is -4.40. The summed E-state index contributed by atoms with van der Waals surface area (Å²) in [6.07, 6.45) is 9.25. The lowest BCUT2D eigenvalue weighted by Crippen LogP contribution is -2.61. The molecule has 3 heterocycles. The Morgan fingerprint density at radius 3 is 2.54 bits per heavy atom. The molecular weight excluding hydrogens is 751 g/mol. The predicted octanol–water partition coefficient (Wildman–Crippen LogP) is 5.01. The van der Waals surface area contributed by atoms with Gasteiger partial charge in [0.25, 0.3) is 5.91 Å². The Labute approximate surface area is 334 Å². The van der Waals surface area contributed by atoms with Crippen LogP contribution in [0, 0.1) is 29.6 Å². The molecule has 1 aromatic carbocycles. The Bertz CT molecular complexity index is 2080. The second-order valence-electron chi connectivity index (χ2n) is 17.9. The number of hydrogen-bond acceptors (Lipinski definition) is 9. The van der Waals surface area contributed by atoms with E-state index in [4.69, 9.17) is 9.47 Å². The lowest BCUT2D eigenvalue weighted by Gasteiger charge is -2.40. The molecule has 1 aromatic heterocycles. The third-order valence-corrected chi connectivity index (χ3v) is 15.8. The van der Waals surface area contributed by atoms with Crippen molar-refractivity contribution in [1.29, 1.82) is 0 Å². The average Bonchev–Trinajstić information content (AvgIpc) is 4.12. The fourth-order valence-corrected chi connectivity index (χ4v) is 11.1. The van der Waals surface area contributed by atoms with E-state index < -0.39 is 68.2 Å². The first kappa shape index (κ1) is 39.4. The van der Waals surface area contributed by atoms with Gasteiger partial charge in [-0.2, -0.15) is 0 Å². The average molecular weight is 806 g/mol. The number of carbonyl (C=O) groups excluding carboxylic acids is 3. The van der Waals surface area contributed by atoms with Crippen LogP contribution in [0.2, 0.25) is 0 Å². The highest BCUT2D eigenvalue weighted by Crippen LogP contribution is 2.54. The zero-order valence-corrected chi connectivity index (χ0v) is 34.0. The number of nitrogens with one attached hydrogen (secondary N) is 2. The highest BCUT2D eigenvalue weighted by Gasteiger charge is 2.63. The molecule has 0 spiro atoms. The molecule has 0 bridgehead atoms. The summed E-state index contributed by atoms with van der Waals surface area (Å²) in [4.78, 5) is 64.5. The Balaban J connectivity index is 1.15. The maximum Gasteiger partial charge on any atom is 0.408 e. The first-order valence-corrected chi connectivity index (χ1v) is 22.2. The first-order valence-electron chi connectivity index (χ1n) is 20.7. The zero-order chi connectivity index (χ0) is 40.4. The third kappa shape index (κ3) is 7.56. The van der Waals surface area contributed by atoms with Gasteiger partial charge < -0.3 is 24.8 Å². The van der Waals surface area contributed by atoms with Crippen LogP contribution >= 0.6 is 0 Å². The van der Waals surface area contributed by atoms with Gasteiger partial charge in [0.1, 0.15) is 29.5 Å². The van der Waals surface area contributed by atoms with E-state index in [0.717, 1.165) is 18.2 Å². The standard InChI is InChI=1S/C42H55N5O9S/c1-5-55-31-10-11-33-26(20-31)12-15-43-37(33)56-32-21-34-36(48)44-42(39(50)45-57(53,54)41(4)13-14-41)22-29(42)9-7-6-8-24(2)16-25(3)35(38(49)46(34)23-32)47(40(51)52)30-18-27-17-28(27)19-30/h7,9-12,15,20,24-25,27-30,32,34-35H,5-6,8,13-14,16-19,21-23H2,1-4H3,(H,44,48)(H,45,50)(H,51,52)/b9-7-/t24-,25-,27+,28?,29-,30?,32-,34+,35+,42-/m1/s1. The van der Waals surface area contributed by atoms with Gasteiger partial charge in [0, 0.05) is 30.0 Å². The SMILES string of the molecule is CCOc1ccc2c(O[C@@H]3C[C@H]4C(=O)N[C@]5(C(=O)NS(=O)(=O)C6(C)CC6)C[C@H]5/C=C\CC[C@@H](C)C[C@@H](C)[C@H](N(C(=O)O)C5CC6C[C@H]6C5)C(=O)N4C3)nccc2c1. The lowest BCUT2D eigenvalue weighted by molar-refractivity contribution is -0.145. The molecule has 1 saturated heterocycles. The van der Waals surface area contributed by atoms with E-state index in [1.807, 2.05) is 50.3 Å². The molecule has 57 heavy (non-hydrogen) atoms. The first-order chi connectivity index (χ1) is 27.1. The molecule has 3 N–H and O–H groups in total. The molecule has 10 atom stereocenters. The van der Waals surface area contributed by atoms with E-state index in [2.05, 4.69) is 21.9 Å². The zero-order valence-electron chi connectivity index (χ0n) is 33.2. The van der Waals surface area contributed by atoms with Gasteiger partial charge in [-0.15, -0.1) is 0 Å². The number of benzene rings is 1. The molecule has 4 amide bonds. The van der Waals surface area contributed by atoms with Crippen molar-refractivity contribution >= 4 is 44.6 Å². The van der Waals surface area contributed by atoms with Crippen molar-refractivity contribution in [2.24, 2.45) is 29.6 Å². The molecule has 0 radical (unpaired) electrons. The molecule has 2 aliphatic heterocycles. The van der Waals surface area contributed by atoms with Crippen molar-refractivity contribution in [1.82, 2.24) is 24.8 Å². The fourth-order valence-electron chi connectivity index (χ4n) is 9.82. The van der Waals surface area contributed by atoms with Crippen LogP contribution in [0.25, 0.3) is 10.8 Å². The Kier molecular flexibility index (Phi) is 10.2. The minimum absolute atomic E-state index is 0.0244. The summed E-state index contributed by atoms with van der Waals surface area (Å²) < 4.78 is 40.0. The highest BCUT2D eigenvalue weighted by atomic mass is 32.2. The number of sulfonamides is 1. The second-order valence-corrected chi connectivity index (χ2v) is 20.1. The number of aromatic nitrogens is 1. The minimum atomic E-state index is -4.01. The van der Waals surface area contributed by atoms with Crippen LogP contribution in [0.5, 0.6) is 11.6 Å².